The molecule has 0 heterocycles. The molecule has 2 N–H and O–H groups in total. The molecule has 0 aliphatic heterocycles. The van der Waals surface area contributed by atoms with E-state index in [2.05, 4.69) is 10.2 Å². The number of allylic oxidation sites excluding steroid dienone is 2. The third-order valence-corrected chi connectivity index (χ3v) is 2.06. The number of aryl methyl sites for hydroxylation is 1. The molecule has 0 aliphatic rings. The Morgan fingerprint density at radius 2 is 1.94 bits per heavy atom. The largest absolute Gasteiger partial charge is 0.510 e. The van der Waals surface area contributed by atoms with E-state index in [0.717, 1.165) is 5.56 Å². The lowest BCUT2D eigenvalue weighted by Crippen LogP contribution is -1.96. The van der Waals surface area contributed by atoms with Crippen LogP contribution < -0.4 is 0 Å². The van der Waals surface area contributed by atoms with Crippen LogP contribution in [0.25, 0.3) is 0 Å². The smallest absolute Gasteiger partial charge is 0.183 e. The number of phenolic OH excluding ortho intramolecular Hbond substituents is 1. The number of phenols is 1. The fourth-order valence-corrected chi connectivity index (χ4v) is 1.21. The van der Waals surface area contributed by atoms with E-state index in [9.17, 15) is 15.0 Å². The van der Waals surface area contributed by atoms with Crippen molar-refractivity contribution in [1.82, 2.24) is 0 Å². The molecule has 1 aromatic rings. The summed E-state index contributed by atoms with van der Waals surface area (Å²) >= 11 is 0. The highest BCUT2D eigenvalue weighted by molar-refractivity contribution is 5.93. The van der Waals surface area contributed by atoms with Gasteiger partial charge >= 0.3 is 0 Å². The highest BCUT2D eigenvalue weighted by atomic mass is 16.3. The molecule has 0 bridgehead atoms. The Morgan fingerprint density at radius 3 is 2.47 bits per heavy atom. The van der Waals surface area contributed by atoms with E-state index in [0.29, 0.717) is 0 Å². The van der Waals surface area contributed by atoms with Gasteiger partial charge in [-0.25, -0.2) is 0 Å². The van der Waals surface area contributed by atoms with Crippen molar-refractivity contribution in [3.63, 3.8) is 0 Å². The first-order chi connectivity index (χ1) is 7.91. The SMILES string of the molecule is CC(=O)/C(N=Nc1cc(C)ccc1O)=C(\C)O. The molecule has 0 radical (unpaired) electrons. The van der Waals surface area contributed by atoms with Crippen molar-refractivity contribution in [3.8, 4) is 5.75 Å². The van der Waals surface area contributed by atoms with Crippen LogP contribution >= 0.6 is 0 Å². The summed E-state index contributed by atoms with van der Waals surface area (Å²) in [5, 5.41) is 26.1. The van der Waals surface area contributed by atoms with Crippen molar-refractivity contribution >= 4 is 11.5 Å². The van der Waals surface area contributed by atoms with Crippen LogP contribution in [0.3, 0.4) is 0 Å². The van der Waals surface area contributed by atoms with E-state index >= 15 is 0 Å². The number of benzene rings is 1. The molecule has 0 unspecified atom stereocenters. The molecule has 0 fully saturated rings. The summed E-state index contributed by atoms with van der Waals surface area (Å²) in [6.45, 7) is 4.48. The summed E-state index contributed by atoms with van der Waals surface area (Å²) in [6, 6.07) is 4.85. The molecule has 0 saturated heterocycles. The number of aliphatic hydroxyl groups excluding tert-OH is 1. The molecule has 5 nitrogen and oxygen atoms in total. The predicted octanol–water partition coefficient (Wildman–Crippen LogP) is 3.16. The Balaban J connectivity index is 3.09. The third-order valence-electron chi connectivity index (χ3n) is 2.06. The average Bonchev–Trinajstić information content (AvgIpc) is 2.22. The van der Waals surface area contributed by atoms with Crippen molar-refractivity contribution in [3.05, 3.63) is 35.2 Å². The average molecular weight is 234 g/mol. The number of Topliss-reactive ketones (excluding diaryl/α,β-unsaturated/α-hetero) is 1. The normalized spacial score (nSPS) is 12.6. The minimum absolute atomic E-state index is 0.0298. The second kappa shape index (κ2) is 5.25. The van der Waals surface area contributed by atoms with Crippen LogP contribution in [-0.2, 0) is 4.79 Å². The molecule has 90 valence electrons. The van der Waals surface area contributed by atoms with Crippen LogP contribution in [0.15, 0.2) is 39.9 Å². The predicted molar refractivity (Wildman–Crippen MR) is 63.4 cm³/mol. The van der Waals surface area contributed by atoms with Gasteiger partial charge < -0.3 is 10.2 Å². The number of carbonyl (C=O) groups is 1. The molecule has 0 amide bonds. The quantitative estimate of drug-likeness (QED) is 0.478. The Labute approximate surface area is 99.1 Å². The lowest BCUT2D eigenvalue weighted by Gasteiger charge is -2.00. The van der Waals surface area contributed by atoms with Gasteiger partial charge in [-0.15, -0.1) is 10.2 Å². The Kier molecular flexibility index (Phi) is 3.98. The zero-order chi connectivity index (χ0) is 13.0. The minimum atomic E-state index is -0.388. The maximum absolute atomic E-state index is 11.1. The monoisotopic (exact) mass is 234 g/mol. The number of rotatable bonds is 3. The Morgan fingerprint density at radius 1 is 1.29 bits per heavy atom. The topological polar surface area (TPSA) is 82.2 Å². The van der Waals surface area contributed by atoms with Gasteiger partial charge in [0.25, 0.3) is 0 Å². The number of carbonyl (C=O) groups excluding carboxylic acids is 1. The fourth-order valence-electron chi connectivity index (χ4n) is 1.21. The van der Waals surface area contributed by atoms with Crippen molar-refractivity contribution in [2.75, 3.05) is 0 Å². The maximum atomic E-state index is 11.1. The summed E-state index contributed by atoms with van der Waals surface area (Å²) in [5.74, 6) is -0.618. The molecule has 0 spiro atoms. The second-order valence-electron chi connectivity index (χ2n) is 3.68. The van der Waals surface area contributed by atoms with E-state index in [1.54, 1.807) is 12.1 Å². The highest BCUT2D eigenvalue weighted by Crippen LogP contribution is 2.27. The number of ketones is 1. The first-order valence-corrected chi connectivity index (χ1v) is 5.04. The second-order valence-corrected chi connectivity index (χ2v) is 3.68. The van der Waals surface area contributed by atoms with Crippen LogP contribution in [-0.4, -0.2) is 16.0 Å². The van der Waals surface area contributed by atoms with Gasteiger partial charge in [-0.3, -0.25) is 4.79 Å². The first-order valence-electron chi connectivity index (χ1n) is 5.04. The zero-order valence-corrected chi connectivity index (χ0v) is 9.93. The lowest BCUT2D eigenvalue weighted by atomic mass is 10.2. The number of aromatic hydroxyl groups is 1. The molecule has 0 saturated carbocycles. The summed E-state index contributed by atoms with van der Waals surface area (Å²) < 4.78 is 0. The highest BCUT2D eigenvalue weighted by Gasteiger charge is 2.07. The first kappa shape index (κ1) is 12.9. The van der Waals surface area contributed by atoms with E-state index < -0.39 is 0 Å². The van der Waals surface area contributed by atoms with E-state index in [1.807, 2.05) is 6.92 Å². The third kappa shape index (κ3) is 3.41. The van der Waals surface area contributed by atoms with Crippen molar-refractivity contribution in [2.24, 2.45) is 10.2 Å². The molecular formula is C12H14N2O3. The molecule has 17 heavy (non-hydrogen) atoms. The van der Waals surface area contributed by atoms with Crippen LogP contribution in [0.1, 0.15) is 19.4 Å². The number of azo groups is 1. The number of hydrogen-bond donors (Lipinski definition) is 2. The number of nitrogens with zero attached hydrogens (tertiary/aromatic N) is 2. The zero-order valence-electron chi connectivity index (χ0n) is 9.93. The van der Waals surface area contributed by atoms with E-state index in [-0.39, 0.29) is 28.7 Å². The fraction of sp³-hybridized carbons (Fsp3) is 0.250. The Hall–Kier alpha value is -2.17. The molecule has 1 aromatic carbocycles. The molecule has 0 aliphatic carbocycles. The van der Waals surface area contributed by atoms with Gasteiger partial charge in [0, 0.05) is 6.92 Å². The summed E-state index contributed by atoms with van der Waals surface area (Å²) in [6.07, 6.45) is 0. The summed E-state index contributed by atoms with van der Waals surface area (Å²) in [4.78, 5) is 11.1. The van der Waals surface area contributed by atoms with E-state index in [1.165, 1.54) is 19.9 Å². The van der Waals surface area contributed by atoms with Crippen LogP contribution in [0, 0.1) is 6.92 Å². The molecule has 0 atom stereocenters. The Bertz CT molecular complexity index is 500. The van der Waals surface area contributed by atoms with E-state index in [4.69, 9.17) is 0 Å². The lowest BCUT2D eigenvalue weighted by molar-refractivity contribution is -0.113. The van der Waals surface area contributed by atoms with Gasteiger partial charge in [-0.2, -0.15) is 0 Å². The number of aliphatic hydroxyl groups is 1. The van der Waals surface area contributed by atoms with Crippen LogP contribution in [0.5, 0.6) is 5.75 Å². The van der Waals surface area contributed by atoms with Gasteiger partial charge in [-0.1, -0.05) is 6.07 Å². The summed E-state index contributed by atoms with van der Waals surface area (Å²) in [5.41, 5.74) is 1.04. The standard InChI is InChI=1S/C12H14N2O3/c1-7-4-5-11(17)10(6-7)13-14-12(8(2)15)9(3)16/h4-6,15,17H,1-3H3/b12-8-,14-13?. The van der Waals surface area contributed by atoms with Crippen molar-refractivity contribution in [1.29, 1.82) is 0 Å². The van der Waals surface area contributed by atoms with Gasteiger partial charge in [0.1, 0.15) is 17.2 Å². The van der Waals surface area contributed by atoms with Gasteiger partial charge in [-0.05, 0) is 31.5 Å². The van der Waals surface area contributed by atoms with Gasteiger partial charge in [0.05, 0.1) is 0 Å². The van der Waals surface area contributed by atoms with Crippen molar-refractivity contribution in [2.45, 2.75) is 20.8 Å². The van der Waals surface area contributed by atoms with Gasteiger partial charge in [0.2, 0.25) is 0 Å². The number of hydrogen-bond acceptors (Lipinski definition) is 5. The maximum Gasteiger partial charge on any atom is 0.183 e. The molecular weight excluding hydrogens is 220 g/mol. The molecule has 5 heteroatoms. The van der Waals surface area contributed by atoms with Crippen LogP contribution in [0.4, 0.5) is 5.69 Å². The van der Waals surface area contributed by atoms with Crippen LogP contribution in [0.2, 0.25) is 0 Å². The molecule has 0 aromatic heterocycles. The van der Waals surface area contributed by atoms with Gasteiger partial charge in [0.15, 0.2) is 11.5 Å². The van der Waals surface area contributed by atoms with Crippen molar-refractivity contribution < 1.29 is 15.0 Å². The summed E-state index contributed by atoms with van der Waals surface area (Å²) in [7, 11) is 0. The minimum Gasteiger partial charge on any atom is -0.510 e. The molecule has 1 rings (SSSR count).